The van der Waals surface area contributed by atoms with E-state index in [1.165, 1.54) is 19.4 Å². The van der Waals surface area contributed by atoms with Crippen LogP contribution in [0.1, 0.15) is 38.4 Å². The molecule has 0 saturated carbocycles. The number of nitrogens with one attached hydrogen (secondary N) is 5. The van der Waals surface area contributed by atoms with Crippen LogP contribution >= 0.6 is 0 Å². The molecule has 0 bridgehead atoms. The van der Waals surface area contributed by atoms with E-state index in [4.69, 9.17) is 5.73 Å². The molecule has 0 aliphatic rings. The lowest BCUT2D eigenvalue weighted by molar-refractivity contribution is -0.145. The Morgan fingerprint density at radius 2 is 1.62 bits per heavy atom. The molecule has 40 heavy (non-hydrogen) atoms. The van der Waals surface area contributed by atoms with Gasteiger partial charge in [0, 0.05) is 41.8 Å². The van der Waals surface area contributed by atoms with Crippen LogP contribution in [0.5, 0.6) is 0 Å². The Morgan fingerprint density at radius 3 is 2.25 bits per heavy atom. The lowest BCUT2D eigenvalue weighted by Crippen LogP contribution is -2.59. The Bertz CT molecular complexity index is 1310. The highest BCUT2D eigenvalue weighted by molar-refractivity contribution is 5.95. The lowest BCUT2D eigenvalue weighted by atomic mass is 9.98. The van der Waals surface area contributed by atoms with Gasteiger partial charge in [0.1, 0.15) is 12.1 Å². The molecule has 6 atom stereocenters. The van der Waals surface area contributed by atoms with Crippen molar-refractivity contribution in [3.63, 3.8) is 0 Å². The van der Waals surface area contributed by atoms with Gasteiger partial charge in [0.15, 0.2) is 6.04 Å². The number of aliphatic hydroxyl groups is 1. The van der Waals surface area contributed by atoms with Gasteiger partial charge in [0.05, 0.1) is 18.5 Å². The molecule has 13 nitrogen and oxygen atoms in total. The van der Waals surface area contributed by atoms with Crippen LogP contribution in [-0.2, 0) is 32.0 Å². The van der Waals surface area contributed by atoms with Crippen LogP contribution in [0.4, 0.5) is 0 Å². The molecule has 0 fully saturated rings. The zero-order valence-corrected chi connectivity index (χ0v) is 22.7. The van der Waals surface area contributed by atoms with Gasteiger partial charge in [-0.2, -0.15) is 0 Å². The Morgan fingerprint density at radius 1 is 0.975 bits per heavy atom. The summed E-state index contributed by atoms with van der Waals surface area (Å²) in [6.07, 6.45) is 3.97. The van der Waals surface area contributed by atoms with Gasteiger partial charge in [-0.15, -0.1) is 0 Å². The van der Waals surface area contributed by atoms with E-state index >= 15 is 0 Å². The number of aliphatic hydroxyl groups excluding tert-OH is 1. The summed E-state index contributed by atoms with van der Waals surface area (Å²) in [6.45, 7) is 4.97. The fourth-order valence-electron chi connectivity index (χ4n) is 4.25. The molecule has 1 aromatic carbocycles. The minimum atomic E-state index is -1.59. The first kappa shape index (κ1) is 30.3. The average molecular weight is 556 g/mol. The standard InChI is InChI=1S/C27H37N7O6/c1-4-14(2)22(28)26(38)33-21(10-17-12-29-13-31-17)24(36)32-20(25(37)34-23(15(3)35)27(39)40)9-16-11-30-19-8-6-5-7-18(16)19/h5-8,11-15,20-23,30,35H,4,9-10,28H2,1-3H3,(H,29,31)(H,32,36)(H,33,38)(H,34,37)(H,39,40). The molecule has 0 saturated heterocycles. The Hall–Kier alpha value is -4.23. The minimum absolute atomic E-state index is 0.00480. The van der Waals surface area contributed by atoms with E-state index in [1.807, 2.05) is 38.1 Å². The number of aromatic nitrogens is 3. The summed E-state index contributed by atoms with van der Waals surface area (Å²) in [5.74, 6) is -3.57. The molecule has 6 unspecified atom stereocenters. The molecule has 2 heterocycles. The third-order valence-corrected chi connectivity index (χ3v) is 6.95. The number of aromatic amines is 2. The maximum Gasteiger partial charge on any atom is 0.328 e. The molecule has 2 aromatic heterocycles. The van der Waals surface area contributed by atoms with E-state index in [0.717, 1.165) is 10.9 Å². The maximum absolute atomic E-state index is 13.6. The first-order chi connectivity index (χ1) is 19.0. The van der Waals surface area contributed by atoms with E-state index in [0.29, 0.717) is 17.7 Å². The number of nitrogens with two attached hydrogens (primary N) is 1. The van der Waals surface area contributed by atoms with Gasteiger partial charge in [-0.05, 0) is 24.5 Å². The number of rotatable bonds is 14. The summed E-state index contributed by atoms with van der Waals surface area (Å²) >= 11 is 0. The fourth-order valence-corrected chi connectivity index (χ4v) is 4.25. The van der Waals surface area contributed by atoms with Crippen LogP contribution in [-0.4, -0.2) is 79.1 Å². The van der Waals surface area contributed by atoms with Crippen molar-refractivity contribution in [1.82, 2.24) is 30.9 Å². The monoisotopic (exact) mass is 555 g/mol. The number of hydrogen-bond acceptors (Lipinski definition) is 7. The number of amides is 3. The number of H-pyrrole nitrogens is 2. The van der Waals surface area contributed by atoms with E-state index in [-0.39, 0.29) is 18.8 Å². The minimum Gasteiger partial charge on any atom is -0.480 e. The largest absolute Gasteiger partial charge is 0.480 e. The van der Waals surface area contributed by atoms with Crippen LogP contribution in [0.3, 0.4) is 0 Å². The number of aliphatic carboxylic acids is 1. The van der Waals surface area contributed by atoms with Crippen molar-refractivity contribution in [2.45, 2.75) is 70.3 Å². The quantitative estimate of drug-likeness (QED) is 0.135. The normalized spacial score (nSPS) is 15.8. The van der Waals surface area contributed by atoms with Gasteiger partial charge in [0.25, 0.3) is 0 Å². The van der Waals surface area contributed by atoms with Gasteiger partial charge in [-0.25, -0.2) is 9.78 Å². The molecular weight excluding hydrogens is 518 g/mol. The molecule has 0 aliphatic carbocycles. The molecular formula is C27H37N7O6. The SMILES string of the molecule is CCC(C)C(N)C(=O)NC(Cc1cnc[nH]1)C(=O)NC(Cc1c[nH]c2ccccc12)C(=O)NC(C(=O)O)C(C)O. The van der Waals surface area contributed by atoms with E-state index in [9.17, 15) is 29.4 Å². The Labute approximate surface area is 231 Å². The van der Waals surface area contributed by atoms with Crippen molar-refractivity contribution >= 4 is 34.6 Å². The number of carbonyl (C=O) groups excluding carboxylic acids is 3. The zero-order valence-electron chi connectivity index (χ0n) is 22.7. The highest BCUT2D eigenvalue weighted by Crippen LogP contribution is 2.19. The third kappa shape index (κ3) is 7.67. The third-order valence-electron chi connectivity index (χ3n) is 6.95. The number of benzene rings is 1. The molecule has 3 rings (SSSR count). The molecule has 3 amide bonds. The molecule has 0 aliphatic heterocycles. The number of carboxylic acid groups (broad SMARTS) is 1. The topological polar surface area (TPSA) is 215 Å². The number of para-hydroxylation sites is 1. The number of imidazole rings is 1. The zero-order chi connectivity index (χ0) is 29.4. The van der Waals surface area contributed by atoms with Crippen molar-refractivity contribution in [2.24, 2.45) is 11.7 Å². The first-order valence-electron chi connectivity index (χ1n) is 13.1. The van der Waals surface area contributed by atoms with Crippen LogP contribution in [0.25, 0.3) is 10.9 Å². The highest BCUT2D eigenvalue weighted by Gasteiger charge is 2.33. The average Bonchev–Trinajstić information content (AvgIpc) is 3.59. The predicted octanol–water partition coefficient (Wildman–Crippen LogP) is -0.0306. The van der Waals surface area contributed by atoms with Crippen molar-refractivity contribution in [2.75, 3.05) is 0 Å². The van der Waals surface area contributed by atoms with Crippen molar-refractivity contribution in [1.29, 1.82) is 0 Å². The smallest absolute Gasteiger partial charge is 0.328 e. The summed E-state index contributed by atoms with van der Waals surface area (Å²) in [7, 11) is 0. The van der Waals surface area contributed by atoms with Gasteiger partial charge in [0.2, 0.25) is 17.7 Å². The van der Waals surface area contributed by atoms with E-state index in [1.54, 1.807) is 6.20 Å². The molecule has 9 N–H and O–H groups in total. The summed E-state index contributed by atoms with van der Waals surface area (Å²) < 4.78 is 0. The Kier molecular flexibility index (Phi) is 10.4. The number of nitrogens with zero attached hydrogens (tertiary/aromatic N) is 1. The summed E-state index contributed by atoms with van der Waals surface area (Å²) in [4.78, 5) is 61.4. The molecule has 3 aromatic rings. The molecule has 0 spiro atoms. The number of fused-ring (bicyclic) bond motifs is 1. The van der Waals surface area contributed by atoms with E-state index < -0.39 is 54.0 Å². The summed E-state index contributed by atoms with van der Waals surface area (Å²) in [5, 5.41) is 27.8. The Balaban J connectivity index is 1.89. The van der Waals surface area contributed by atoms with E-state index in [2.05, 4.69) is 30.9 Å². The second-order valence-corrected chi connectivity index (χ2v) is 9.94. The van der Waals surface area contributed by atoms with Crippen LogP contribution in [0.15, 0.2) is 43.0 Å². The highest BCUT2D eigenvalue weighted by atomic mass is 16.4. The molecule has 13 heteroatoms. The molecule has 216 valence electrons. The van der Waals surface area contributed by atoms with Gasteiger partial charge in [-0.3, -0.25) is 14.4 Å². The second-order valence-electron chi connectivity index (χ2n) is 9.94. The van der Waals surface area contributed by atoms with Crippen molar-refractivity contribution in [3.8, 4) is 0 Å². The van der Waals surface area contributed by atoms with Crippen LogP contribution in [0.2, 0.25) is 0 Å². The first-order valence-corrected chi connectivity index (χ1v) is 13.1. The number of hydrogen-bond donors (Lipinski definition) is 8. The second kappa shape index (κ2) is 13.7. The fraction of sp³-hybridized carbons (Fsp3) is 0.444. The van der Waals surface area contributed by atoms with Gasteiger partial charge < -0.3 is 41.9 Å². The van der Waals surface area contributed by atoms with Crippen LogP contribution in [0, 0.1) is 5.92 Å². The van der Waals surface area contributed by atoms with Gasteiger partial charge in [-0.1, -0.05) is 38.5 Å². The lowest BCUT2D eigenvalue weighted by Gasteiger charge is -2.26. The summed E-state index contributed by atoms with van der Waals surface area (Å²) in [5.41, 5.74) is 8.17. The molecule has 0 radical (unpaired) electrons. The summed E-state index contributed by atoms with van der Waals surface area (Å²) in [6, 6.07) is 2.59. The van der Waals surface area contributed by atoms with Crippen molar-refractivity contribution < 1.29 is 29.4 Å². The van der Waals surface area contributed by atoms with Crippen LogP contribution < -0.4 is 21.7 Å². The predicted molar refractivity (Wildman–Crippen MR) is 147 cm³/mol. The number of carboxylic acids is 1. The van der Waals surface area contributed by atoms with Crippen molar-refractivity contribution in [3.05, 3.63) is 54.2 Å². The maximum atomic E-state index is 13.6. The number of carbonyl (C=O) groups is 4. The van der Waals surface area contributed by atoms with Gasteiger partial charge >= 0.3 is 5.97 Å².